The molecule has 0 heterocycles. The van der Waals surface area contributed by atoms with Crippen LogP contribution < -0.4 is 5.32 Å². The largest absolute Gasteiger partial charge is 0.416 e. The maximum atomic E-state index is 13.1. The molecule has 0 fully saturated rings. The molecule has 0 saturated heterocycles. The second kappa shape index (κ2) is 7.91. The van der Waals surface area contributed by atoms with Gasteiger partial charge in [-0.1, -0.05) is 66.7 Å². The van der Waals surface area contributed by atoms with Gasteiger partial charge in [-0.15, -0.1) is 0 Å². The van der Waals surface area contributed by atoms with Crippen molar-refractivity contribution in [2.75, 3.05) is 5.32 Å². The molecule has 3 aromatic rings. The highest BCUT2D eigenvalue weighted by atomic mass is 19.4. The highest BCUT2D eigenvalue weighted by Crippen LogP contribution is 2.31. The summed E-state index contributed by atoms with van der Waals surface area (Å²) in [5.74, 6) is 0. The molecule has 0 saturated carbocycles. The van der Waals surface area contributed by atoms with Gasteiger partial charge in [-0.05, 0) is 41.0 Å². The molecule has 0 aliphatic rings. The number of nitrogens with one attached hydrogen (secondary N) is 1. The third kappa shape index (κ3) is 4.76. The van der Waals surface area contributed by atoms with Crippen LogP contribution in [0, 0.1) is 0 Å². The number of hydrogen-bond donors (Lipinski definition) is 1. The van der Waals surface area contributed by atoms with Gasteiger partial charge in [0.2, 0.25) is 0 Å². The quantitative estimate of drug-likeness (QED) is 0.517. The molecule has 0 aliphatic heterocycles. The molecule has 1 N–H and O–H groups in total. The van der Waals surface area contributed by atoms with Crippen LogP contribution in [0.1, 0.15) is 22.3 Å². The summed E-state index contributed by atoms with van der Waals surface area (Å²) >= 11 is 0. The van der Waals surface area contributed by atoms with Crippen molar-refractivity contribution in [3.63, 3.8) is 0 Å². The molecule has 0 unspecified atom stereocenters. The number of alkyl halides is 3. The van der Waals surface area contributed by atoms with Gasteiger partial charge in [0.05, 0.1) is 5.56 Å². The molecular weight excluding hydrogens is 335 g/mol. The molecule has 0 atom stereocenters. The van der Waals surface area contributed by atoms with Gasteiger partial charge in [0, 0.05) is 12.2 Å². The van der Waals surface area contributed by atoms with Gasteiger partial charge in [0.25, 0.3) is 0 Å². The Hall–Kier alpha value is -3.01. The van der Waals surface area contributed by atoms with Crippen molar-refractivity contribution in [3.8, 4) is 0 Å². The fraction of sp³-hybridized carbons (Fsp3) is 0.0909. The van der Waals surface area contributed by atoms with Crippen molar-refractivity contribution < 1.29 is 13.2 Å². The Bertz CT molecular complexity index is 869. The summed E-state index contributed by atoms with van der Waals surface area (Å²) in [7, 11) is 0. The molecule has 0 spiro atoms. The highest BCUT2D eigenvalue weighted by molar-refractivity contribution is 5.71. The van der Waals surface area contributed by atoms with Crippen LogP contribution in [-0.4, -0.2) is 0 Å². The van der Waals surface area contributed by atoms with E-state index in [1.165, 1.54) is 12.1 Å². The van der Waals surface area contributed by atoms with E-state index in [9.17, 15) is 13.2 Å². The summed E-state index contributed by atoms with van der Waals surface area (Å²) in [5, 5.41) is 3.24. The summed E-state index contributed by atoms with van der Waals surface area (Å²) in [6.45, 7) is 0.441. The van der Waals surface area contributed by atoms with E-state index in [0.29, 0.717) is 12.1 Å². The van der Waals surface area contributed by atoms with Crippen LogP contribution >= 0.6 is 0 Å². The van der Waals surface area contributed by atoms with Crippen LogP contribution in [0.25, 0.3) is 12.2 Å². The Morgan fingerprint density at radius 1 is 0.769 bits per heavy atom. The number of para-hydroxylation sites is 1. The van der Waals surface area contributed by atoms with Crippen molar-refractivity contribution in [2.24, 2.45) is 0 Å². The van der Waals surface area contributed by atoms with E-state index in [-0.39, 0.29) is 0 Å². The second-order valence-electron chi connectivity index (χ2n) is 5.87. The Kier molecular flexibility index (Phi) is 5.42. The first kappa shape index (κ1) is 17.8. The van der Waals surface area contributed by atoms with E-state index in [1.54, 1.807) is 6.08 Å². The predicted molar refractivity (Wildman–Crippen MR) is 101 cm³/mol. The first-order valence-corrected chi connectivity index (χ1v) is 8.24. The molecule has 0 amide bonds. The third-order valence-corrected chi connectivity index (χ3v) is 3.98. The minimum Gasteiger partial charge on any atom is -0.381 e. The van der Waals surface area contributed by atoms with Crippen LogP contribution in [0.15, 0.2) is 78.9 Å². The lowest BCUT2D eigenvalue weighted by Gasteiger charge is -2.13. The van der Waals surface area contributed by atoms with Crippen LogP contribution in [0.4, 0.5) is 18.9 Å². The molecule has 132 valence electrons. The number of benzene rings is 3. The Morgan fingerprint density at radius 2 is 1.42 bits per heavy atom. The lowest BCUT2D eigenvalue weighted by atomic mass is 10.0. The molecule has 1 nitrogen and oxygen atoms in total. The molecular formula is C22H18F3N. The van der Waals surface area contributed by atoms with Crippen molar-refractivity contribution in [3.05, 3.63) is 101 Å². The summed E-state index contributed by atoms with van der Waals surface area (Å²) in [6, 6.07) is 22.9. The maximum absolute atomic E-state index is 13.1. The summed E-state index contributed by atoms with van der Waals surface area (Å²) in [6.07, 6.45) is -0.811. The summed E-state index contributed by atoms with van der Waals surface area (Å²) in [5.41, 5.74) is 2.56. The van der Waals surface area contributed by atoms with E-state index in [1.807, 2.05) is 66.7 Å². The van der Waals surface area contributed by atoms with Gasteiger partial charge in [-0.25, -0.2) is 0 Å². The van der Waals surface area contributed by atoms with Crippen LogP contribution in [-0.2, 0) is 12.7 Å². The number of halogens is 3. The minimum atomic E-state index is -4.36. The molecule has 0 aliphatic carbocycles. The Labute approximate surface area is 150 Å². The van der Waals surface area contributed by atoms with Crippen LogP contribution in [0.3, 0.4) is 0 Å². The van der Waals surface area contributed by atoms with Crippen LogP contribution in [0.5, 0.6) is 0 Å². The second-order valence-corrected chi connectivity index (χ2v) is 5.87. The number of hydrogen-bond acceptors (Lipinski definition) is 1. The maximum Gasteiger partial charge on any atom is 0.416 e. The number of rotatable bonds is 5. The first-order chi connectivity index (χ1) is 12.5. The van der Waals surface area contributed by atoms with Gasteiger partial charge in [-0.3, -0.25) is 0 Å². The minimum absolute atomic E-state index is 0.441. The third-order valence-electron chi connectivity index (χ3n) is 3.98. The van der Waals surface area contributed by atoms with Gasteiger partial charge in [0.1, 0.15) is 0 Å². The van der Waals surface area contributed by atoms with E-state index in [2.05, 4.69) is 5.32 Å². The SMILES string of the molecule is FC(F)(F)c1ccc(CNc2ccccc2)c(/C=C/c2ccccc2)c1. The molecule has 26 heavy (non-hydrogen) atoms. The lowest BCUT2D eigenvalue weighted by molar-refractivity contribution is -0.137. The first-order valence-electron chi connectivity index (χ1n) is 8.24. The molecule has 4 heteroatoms. The van der Waals surface area contributed by atoms with Crippen molar-refractivity contribution in [1.82, 2.24) is 0 Å². The van der Waals surface area contributed by atoms with Crippen molar-refractivity contribution >= 4 is 17.8 Å². The summed E-state index contributed by atoms with van der Waals surface area (Å²) < 4.78 is 39.2. The molecule has 0 bridgehead atoms. The monoisotopic (exact) mass is 353 g/mol. The zero-order valence-corrected chi connectivity index (χ0v) is 14.0. The predicted octanol–water partition coefficient (Wildman–Crippen LogP) is 6.49. The zero-order valence-electron chi connectivity index (χ0n) is 14.0. The highest BCUT2D eigenvalue weighted by Gasteiger charge is 2.30. The Balaban J connectivity index is 1.88. The fourth-order valence-corrected chi connectivity index (χ4v) is 2.59. The topological polar surface area (TPSA) is 12.0 Å². The van der Waals surface area contributed by atoms with Gasteiger partial charge < -0.3 is 5.32 Å². The molecule has 3 rings (SSSR count). The zero-order chi connectivity index (χ0) is 18.4. The van der Waals surface area contributed by atoms with E-state index in [4.69, 9.17) is 0 Å². The van der Waals surface area contributed by atoms with Gasteiger partial charge in [-0.2, -0.15) is 13.2 Å². The van der Waals surface area contributed by atoms with E-state index >= 15 is 0 Å². The normalized spacial score (nSPS) is 11.7. The van der Waals surface area contributed by atoms with Gasteiger partial charge >= 0.3 is 6.18 Å². The van der Waals surface area contributed by atoms with E-state index in [0.717, 1.165) is 22.9 Å². The standard InChI is InChI=1S/C22H18F3N/c23-22(24,25)20-14-13-19(16-26-21-9-5-2-6-10-21)18(15-20)12-11-17-7-3-1-4-8-17/h1-15,26H,16H2/b12-11+. The summed E-state index contributed by atoms with van der Waals surface area (Å²) in [4.78, 5) is 0. The number of anilines is 1. The van der Waals surface area contributed by atoms with E-state index < -0.39 is 11.7 Å². The van der Waals surface area contributed by atoms with Crippen LogP contribution in [0.2, 0.25) is 0 Å². The average molecular weight is 353 g/mol. The molecule has 3 aromatic carbocycles. The smallest absolute Gasteiger partial charge is 0.381 e. The van der Waals surface area contributed by atoms with Crippen molar-refractivity contribution in [2.45, 2.75) is 12.7 Å². The molecule has 0 radical (unpaired) electrons. The van der Waals surface area contributed by atoms with Crippen molar-refractivity contribution in [1.29, 1.82) is 0 Å². The van der Waals surface area contributed by atoms with Gasteiger partial charge in [0.15, 0.2) is 0 Å². The average Bonchev–Trinajstić information content (AvgIpc) is 2.66. The molecule has 0 aromatic heterocycles. The Morgan fingerprint density at radius 3 is 2.08 bits per heavy atom. The lowest BCUT2D eigenvalue weighted by Crippen LogP contribution is -2.07. The fourth-order valence-electron chi connectivity index (χ4n) is 2.59.